The molecule has 6 heteroatoms. The number of urea groups is 1. The number of hydrogen-bond acceptors (Lipinski definition) is 2. The summed E-state index contributed by atoms with van der Waals surface area (Å²) in [5.74, 6) is 0.0183. The highest BCUT2D eigenvalue weighted by Crippen LogP contribution is 2.28. The van der Waals surface area contributed by atoms with Crippen molar-refractivity contribution >= 4 is 17.6 Å². The van der Waals surface area contributed by atoms with Crippen LogP contribution in [-0.2, 0) is 18.4 Å². The lowest BCUT2D eigenvalue weighted by molar-refractivity contribution is -0.133. The summed E-state index contributed by atoms with van der Waals surface area (Å²) in [4.78, 5) is 29.7. The van der Waals surface area contributed by atoms with Gasteiger partial charge in [-0.3, -0.25) is 4.79 Å². The average Bonchev–Trinajstić information content (AvgIpc) is 3.46. The van der Waals surface area contributed by atoms with Crippen molar-refractivity contribution in [3.05, 3.63) is 53.9 Å². The number of rotatable bonds is 9. The number of nitrogens with zero attached hydrogens (tertiary/aromatic N) is 3. The summed E-state index contributed by atoms with van der Waals surface area (Å²) in [6.07, 6.45) is 5.92. The van der Waals surface area contributed by atoms with Crippen molar-refractivity contribution in [1.82, 2.24) is 14.4 Å². The third kappa shape index (κ3) is 5.62. The predicted molar refractivity (Wildman–Crippen MR) is 116 cm³/mol. The zero-order valence-corrected chi connectivity index (χ0v) is 17.7. The van der Waals surface area contributed by atoms with E-state index in [9.17, 15) is 9.59 Å². The third-order valence-corrected chi connectivity index (χ3v) is 5.47. The van der Waals surface area contributed by atoms with Crippen molar-refractivity contribution in [2.24, 2.45) is 7.05 Å². The molecule has 1 fully saturated rings. The minimum Gasteiger partial charge on any atom is -0.353 e. The molecule has 1 aromatic carbocycles. The SMILES string of the molecule is CCCCN(CC(=O)N(Cc1cccn1C)C1CC1)C(=O)Nc1ccccc1C. The Morgan fingerprint density at radius 1 is 1.17 bits per heavy atom. The van der Waals surface area contributed by atoms with Gasteiger partial charge in [-0.05, 0) is 49.9 Å². The molecular formula is C23H32N4O2. The molecule has 156 valence electrons. The van der Waals surface area contributed by atoms with Crippen LogP contribution in [0, 0.1) is 6.92 Å². The highest BCUT2D eigenvalue weighted by atomic mass is 16.2. The van der Waals surface area contributed by atoms with Gasteiger partial charge in [-0.2, -0.15) is 0 Å². The molecule has 1 aliphatic rings. The van der Waals surface area contributed by atoms with Crippen molar-refractivity contribution in [2.75, 3.05) is 18.4 Å². The summed E-state index contributed by atoms with van der Waals surface area (Å²) < 4.78 is 2.04. The number of amides is 3. The van der Waals surface area contributed by atoms with E-state index in [0.29, 0.717) is 19.1 Å². The van der Waals surface area contributed by atoms with Crippen molar-refractivity contribution in [3.8, 4) is 0 Å². The average molecular weight is 397 g/mol. The van der Waals surface area contributed by atoms with Crippen LogP contribution < -0.4 is 5.32 Å². The molecule has 6 nitrogen and oxygen atoms in total. The number of anilines is 1. The second kappa shape index (κ2) is 9.63. The number of unbranched alkanes of at least 4 members (excludes halogenated alkanes) is 1. The first-order valence-corrected chi connectivity index (χ1v) is 10.5. The van der Waals surface area contributed by atoms with Gasteiger partial charge < -0.3 is 19.7 Å². The Labute approximate surface area is 173 Å². The maximum Gasteiger partial charge on any atom is 0.322 e. The van der Waals surface area contributed by atoms with Gasteiger partial charge in [0.15, 0.2) is 0 Å². The molecule has 0 unspecified atom stereocenters. The van der Waals surface area contributed by atoms with E-state index in [1.807, 2.05) is 66.0 Å². The highest BCUT2D eigenvalue weighted by molar-refractivity contribution is 5.93. The second-order valence-corrected chi connectivity index (χ2v) is 7.88. The zero-order chi connectivity index (χ0) is 20.8. The molecule has 0 aliphatic heterocycles. The first-order valence-electron chi connectivity index (χ1n) is 10.5. The molecule has 1 saturated carbocycles. The summed E-state index contributed by atoms with van der Waals surface area (Å²) >= 11 is 0. The molecule has 0 radical (unpaired) electrons. The van der Waals surface area contributed by atoms with Gasteiger partial charge in [0.2, 0.25) is 5.91 Å². The monoisotopic (exact) mass is 396 g/mol. The molecule has 0 saturated heterocycles. The van der Waals surface area contributed by atoms with Crippen molar-refractivity contribution in [1.29, 1.82) is 0 Å². The molecule has 1 aromatic heterocycles. The van der Waals surface area contributed by atoms with Crippen molar-refractivity contribution < 1.29 is 9.59 Å². The van der Waals surface area contributed by atoms with Crippen LogP contribution in [0.2, 0.25) is 0 Å². The van der Waals surface area contributed by atoms with E-state index in [4.69, 9.17) is 0 Å². The van der Waals surface area contributed by atoms with Gasteiger partial charge in [-0.1, -0.05) is 31.5 Å². The van der Waals surface area contributed by atoms with E-state index in [2.05, 4.69) is 12.2 Å². The first kappa shape index (κ1) is 21.0. The first-order chi connectivity index (χ1) is 14.0. The number of para-hydroxylation sites is 1. The number of aryl methyl sites for hydroxylation is 2. The molecule has 0 spiro atoms. The van der Waals surface area contributed by atoms with E-state index in [1.165, 1.54) is 0 Å². The van der Waals surface area contributed by atoms with Crippen molar-refractivity contribution in [2.45, 2.75) is 52.1 Å². The van der Waals surface area contributed by atoms with E-state index >= 15 is 0 Å². The van der Waals surface area contributed by atoms with Gasteiger partial charge in [0.1, 0.15) is 6.54 Å². The van der Waals surface area contributed by atoms with E-state index in [1.54, 1.807) is 4.90 Å². The lowest BCUT2D eigenvalue weighted by atomic mass is 10.2. The smallest absolute Gasteiger partial charge is 0.322 e. The zero-order valence-electron chi connectivity index (χ0n) is 17.7. The second-order valence-electron chi connectivity index (χ2n) is 7.88. The Hall–Kier alpha value is -2.76. The topological polar surface area (TPSA) is 57.6 Å². The molecule has 0 bridgehead atoms. The molecule has 29 heavy (non-hydrogen) atoms. The fraction of sp³-hybridized carbons (Fsp3) is 0.478. The Morgan fingerprint density at radius 2 is 1.93 bits per heavy atom. The molecular weight excluding hydrogens is 364 g/mol. The van der Waals surface area contributed by atoms with Crippen LogP contribution in [0.5, 0.6) is 0 Å². The quantitative estimate of drug-likeness (QED) is 0.692. The van der Waals surface area contributed by atoms with Gasteiger partial charge in [-0.25, -0.2) is 4.79 Å². The van der Waals surface area contributed by atoms with E-state index in [-0.39, 0.29) is 18.5 Å². The van der Waals surface area contributed by atoms with Crippen LogP contribution in [0.3, 0.4) is 0 Å². The van der Waals surface area contributed by atoms with Gasteiger partial charge in [0.05, 0.1) is 6.54 Å². The Kier molecular flexibility index (Phi) is 6.96. The lowest BCUT2D eigenvalue weighted by Crippen LogP contribution is -2.45. The standard InChI is InChI=1S/C23H32N4O2/c1-4-5-15-26(23(29)24-21-11-7-6-9-18(21)2)17-22(28)27(19-12-13-19)16-20-10-8-14-25(20)3/h6-11,14,19H,4-5,12-13,15-17H2,1-3H3,(H,24,29). The Balaban J connectivity index is 1.69. The Morgan fingerprint density at radius 3 is 2.55 bits per heavy atom. The minimum absolute atomic E-state index is 0.0183. The number of hydrogen-bond donors (Lipinski definition) is 1. The predicted octanol–water partition coefficient (Wildman–Crippen LogP) is 4.16. The van der Waals surface area contributed by atoms with E-state index < -0.39 is 0 Å². The maximum absolute atomic E-state index is 13.2. The number of aromatic nitrogens is 1. The normalized spacial score (nSPS) is 13.2. The maximum atomic E-state index is 13.2. The van der Waals surface area contributed by atoms with Gasteiger partial charge in [0, 0.05) is 37.2 Å². The van der Waals surface area contributed by atoms with Crippen molar-refractivity contribution in [3.63, 3.8) is 0 Å². The van der Waals surface area contributed by atoms with E-state index in [0.717, 1.165) is 42.6 Å². The molecule has 1 N–H and O–H groups in total. The van der Waals surface area contributed by atoms with Gasteiger partial charge in [-0.15, -0.1) is 0 Å². The molecule has 1 aliphatic carbocycles. The van der Waals surface area contributed by atoms with Crippen LogP contribution in [-0.4, -0.2) is 45.4 Å². The fourth-order valence-electron chi connectivity index (χ4n) is 3.41. The van der Waals surface area contributed by atoms with Gasteiger partial charge in [0.25, 0.3) is 0 Å². The Bertz CT molecular complexity index is 841. The molecule has 2 aromatic rings. The summed E-state index contributed by atoms with van der Waals surface area (Å²) in [7, 11) is 1.99. The summed E-state index contributed by atoms with van der Waals surface area (Å²) in [5, 5.41) is 2.98. The molecule has 3 amide bonds. The van der Waals surface area contributed by atoms with Gasteiger partial charge >= 0.3 is 6.03 Å². The van der Waals surface area contributed by atoms with Crippen LogP contribution in [0.15, 0.2) is 42.6 Å². The minimum atomic E-state index is -0.212. The van der Waals surface area contributed by atoms with Crippen LogP contribution in [0.4, 0.5) is 10.5 Å². The molecule has 3 rings (SSSR count). The number of nitrogens with one attached hydrogen (secondary N) is 1. The highest BCUT2D eigenvalue weighted by Gasteiger charge is 2.34. The summed E-state index contributed by atoms with van der Waals surface area (Å²) in [6.45, 7) is 5.33. The lowest BCUT2D eigenvalue weighted by Gasteiger charge is -2.28. The largest absolute Gasteiger partial charge is 0.353 e. The number of carbonyl (C=O) groups excluding carboxylic acids is 2. The van der Waals surface area contributed by atoms with Crippen LogP contribution in [0.1, 0.15) is 43.9 Å². The van der Waals surface area contributed by atoms with Crippen LogP contribution in [0.25, 0.3) is 0 Å². The fourth-order valence-corrected chi connectivity index (χ4v) is 3.41. The molecule has 1 heterocycles. The third-order valence-electron chi connectivity index (χ3n) is 5.47. The van der Waals surface area contributed by atoms with Crippen LogP contribution >= 0.6 is 0 Å². The number of carbonyl (C=O) groups is 2. The summed E-state index contributed by atoms with van der Waals surface area (Å²) in [5.41, 5.74) is 2.90. The molecule has 0 atom stereocenters. The number of benzene rings is 1. The summed E-state index contributed by atoms with van der Waals surface area (Å²) in [6, 6.07) is 11.8.